The van der Waals surface area contributed by atoms with Crippen molar-refractivity contribution in [3.63, 3.8) is 0 Å². The van der Waals surface area contributed by atoms with Crippen LogP contribution in [0.5, 0.6) is 11.5 Å². The van der Waals surface area contributed by atoms with Gasteiger partial charge in [-0.3, -0.25) is 4.90 Å². The van der Waals surface area contributed by atoms with Crippen molar-refractivity contribution in [3.8, 4) is 11.5 Å². The van der Waals surface area contributed by atoms with Crippen molar-refractivity contribution in [1.29, 1.82) is 0 Å². The molecule has 100 valence electrons. The molecule has 1 aliphatic rings. The van der Waals surface area contributed by atoms with E-state index >= 15 is 0 Å². The lowest BCUT2D eigenvalue weighted by atomic mass is 9.92. The van der Waals surface area contributed by atoms with Crippen LogP contribution in [0, 0.1) is 5.92 Å². The highest BCUT2D eigenvalue weighted by atomic mass is 16.3. The van der Waals surface area contributed by atoms with Crippen molar-refractivity contribution >= 4 is 0 Å². The van der Waals surface area contributed by atoms with Crippen molar-refractivity contribution in [2.24, 2.45) is 11.7 Å². The van der Waals surface area contributed by atoms with Gasteiger partial charge in [0.15, 0.2) is 0 Å². The second kappa shape index (κ2) is 5.16. The maximum Gasteiger partial charge on any atom is 0.119 e. The SMILES string of the molecule is CC1CN(C(C)c2cc(O)cc(O)c2)CCC1N. The first-order valence-corrected chi connectivity index (χ1v) is 6.50. The predicted molar refractivity (Wildman–Crippen MR) is 71.5 cm³/mol. The molecule has 0 aliphatic carbocycles. The number of piperidine rings is 1. The topological polar surface area (TPSA) is 69.7 Å². The van der Waals surface area contributed by atoms with Gasteiger partial charge in [0.05, 0.1) is 0 Å². The Kier molecular flexibility index (Phi) is 3.78. The zero-order chi connectivity index (χ0) is 13.3. The molecule has 3 unspecified atom stereocenters. The van der Waals surface area contributed by atoms with Gasteiger partial charge in [-0.15, -0.1) is 0 Å². The zero-order valence-electron chi connectivity index (χ0n) is 11.0. The number of hydrogen-bond donors (Lipinski definition) is 3. The molecule has 0 spiro atoms. The summed E-state index contributed by atoms with van der Waals surface area (Å²) >= 11 is 0. The van der Waals surface area contributed by atoms with Crippen molar-refractivity contribution in [1.82, 2.24) is 4.90 Å². The van der Waals surface area contributed by atoms with Gasteiger partial charge in [0.25, 0.3) is 0 Å². The summed E-state index contributed by atoms with van der Waals surface area (Å²) in [5.41, 5.74) is 6.96. The summed E-state index contributed by atoms with van der Waals surface area (Å²) in [7, 11) is 0. The van der Waals surface area contributed by atoms with Gasteiger partial charge in [-0.2, -0.15) is 0 Å². The van der Waals surface area contributed by atoms with Crippen LogP contribution in [0.1, 0.15) is 31.9 Å². The minimum absolute atomic E-state index is 0.110. The molecule has 18 heavy (non-hydrogen) atoms. The number of nitrogens with two attached hydrogens (primary N) is 1. The summed E-state index contributed by atoms with van der Waals surface area (Å²) in [6, 6.07) is 5.24. The van der Waals surface area contributed by atoms with Crippen LogP contribution in [0.25, 0.3) is 0 Å². The molecule has 3 atom stereocenters. The van der Waals surface area contributed by atoms with E-state index in [1.807, 2.05) is 0 Å². The van der Waals surface area contributed by atoms with E-state index in [9.17, 15) is 10.2 Å². The summed E-state index contributed by atoms with van der Waals surface area (Å²) in [5.74, 6) is 0.698. The van der Waals surface area contributed by atoms with E-state index in [0.717, 1.165) is 25.1 Å². The number of likely N-dealkylation sites (tertiary alicyclic amines) is 1. The average molecular weight is 250 g/mol. The third-order valence-corrected chi connectivity index (χ3v) is 3.96. The second-order valence-corrected chi connectivity index (χ2v) is 5.38. The van der Waals surface area contributed by atoms with E-state index in [1.165, 1.54) is 6.07 Å². The third kappa shape index (κ3) is 2.76. The number of benzene rings is 1. The Balaban J connectivity index is 2.13. The fourth-order valence-corrected chi connectivity index (χ4v) is 2.62. The largest absolute Gasteiger partial charge is 0.508 e. The van der Waals surface area contributed by atoms with Gasteiger partial charge in [0.2, 0.25) is 0 Å². The minimum atomic E-state index is 0.110. The fourth-order valence-electron chi connectivity index (χ4n) is 2.62. The first kappa shape index (κ1) is 13.2. The highest BCUT2D eigenvalue weighted by Gasteiger charge is 2.26. The minimum Gasteiger partial charge on any atom is -0.508 e. The van der Waals surface area contributed by atoms with Crippen LogP contribution in [-0.2, 0) is 0 Å². The second-order valence-electron chi connectivity index (χ2n) is 5.38. The Bertz CT molecular complexity index is 402. The molecule has 1 aromatic carbocycles. The molecule has 1 heterocycles. The van der Waals surface area contributed by atoms with Gasteiger partial charge < -0.3 is 15.9 Å². The lowest BCUT2D eigenvalue weighted by Gasteiger charge is -2.38. The Morgan fingerprint density at radius 2 is 1.89 bits per heavy atom. The Hall–Kier alpha value is -1.26. The number of aromatic hydroxyl groups is 2. The van der Waals surface area contributed by atoms with E-state index in [1.54, 1.807) is 12.1 Å². The quantitative estimate of drug-likeness (QED) is 0.749. The third-order valence-electron chi connectivity index (χ3n) is 3.96. The standard InChI is InChI=1S/C14H22N2O2/c1-9-8-16(4-3-14(9)15)10(2)11-5-12(17)7-13(18)6-11/h5-7,9-10,14,17-18H,3-4,8,15H2,1-2H3. The summed E-state index contributed by atoms with van der Waals surface area (Å²) in [4.78, 5) is 2.35. The molecule has 1 saturated heterocycles. The molecule has 4 N–H and O–H groups in total. The molecule has 0 radical (unpaired) electrons. The zero-order valence-corrected chi connectivity index (χ0v) is 11.0. The molecule has 1 aliphatic heterocycles. The van der Waals surface area contributed by atoms with Crippen LogP contribution in [0.4, 0.5) is 0 Å². The summed E-state index contributed by atoms with van der Waals surface area (Å²) in [6.07, 6.45) is 0.996. The van der Waals surface area contributed by atoms with Gasteiger partial charge in [-0.25, -0.2) is 0 Å². The highest BCUT2D eigenvalue weighted by molar-refractivity contribution is 5.38. The van der Waals surface area contributed by atoms with Crippen LogP contribution >= 0.6 is 0 Å². The molecule has 0 bridgehead atoms. The smallest absolute Gasteiger partial charge is 0.119 e. The van der Waals surface area contributed by atoms with Gasteiger partial charge in [-0.05, 0) is 37.0 Å². The number of phenolic OH excluding ortho intramolecular Hbond substituents is 2. The van der Waals surface area contributed by atoms with Crippen LogP contribution < -0.4 is 5.73 Å². The van der Waals surface area contributed by atoms with E-state index in [0.29, 0.717) is 5.92 Å². The van der Waals surface area contributed by atoms with Crippen molar-refractivity contribution in [2.75, 3.05) is 13.1 Å². The summed E-state index contributed by atoms with van der Waals surface area (Å²) in [5, 5.41) is 19.1. The van der Waals surface area contributed by atoms with Gasteiger partial charge in [0.1, 0.15) is 11.5 Å². The van der Waals surface area contributed by atoms with Crippen LogP contribution in [-0.4, -0.2) is 34.2 Å². The molecular weight excluding hydrogens is 228 g/mol. The number of hydrogen-bond acceptors (Lipinski definition) is 4. The first-order chi connectivity index (χ1) is 8.47. The van der Waals surface area contributed by atoms with Crippen molar-refractivity contribution in [2.45, 2.75) is 32.4 Å². The monoisotopic (exact) mass is 250 g/mol. The van der Waals surface area contributed by atoms with Crippen molar-refractivity contribution < 1.29 is 10.2 Å². The number of phenols is 2. The number of rotatable bonds is 2. The Morgan fingerprint density at radius 3 is 2.44 bits per heavy atom. The molecule has 0 aromatic heterocycles. The molecule has 4 nitrogen and oxygen atoms in total. The van der Waals surface area contributed by atoms with Gasteiger partial charge in [-0.1, -0.05) is 6.92 Å². The fraction of sp³-hybridized carbons (Fsp3) is 0.571. The molecule has 1 aromatic rings. The maximum atomic E-state index is 9.54. The lowest BCUT2D eigenvalue weighted by Crippen LogP contribution is -2.46. The van der Waals surface area contributed by atoms with Crippen LogP contribution in [0.3, 0.4) is 0 Å². The molecule has 2 rings (SSSR count). The molecule has 4 heteroatoms. The average Bonchev–Trinajstić information content (AvgIpc) is 2.30. The summed E-state index contributed by atoms with van der Waals surface area (Å²) < 4.78 is 0. The summed E-state index contributed by atoms with van der Waals surface area (Å²) in [6.45, 7) is 6.18. The van der Waals surface area contributed by atoms with Gasteiger partial charge >= 0.3 is 0 Å². The normalized spacial score (nSPS) is 27.1. The maximum absolute atomic E-state index is 9.54. The first-order valence-electron chi connectivity index (χ1n) is 6.50. The predicted octanol–water partition coefficient (Wildman–Crippen LogP) is 1.83. The number of nitrogens with zero attached hydrogens (tertiary/aromatic N) is 1. The molecule has 0 amide bonds. The van der Waals surface area contributed by atoms with E-state index in [4.69, 9.17) is 5.73 Å². The van der Waals surface area contributed by atoms with Crippen LogP contribution in [0.15, 0.2) is 18.2 Å². The van der Waals surface area contributed by atoms with E-state index in [2.05, 4.69) is 18.7 Å². The molecular formula is C14H22N2O2. The molecule has 0 saturated carbocycles. The Morgan fingerprint density at radius 1 is 1.28 bits per heavy atom. The van der Waals surface area contributed by atoms with Crippen molar-refractivity contribution in [3.05, 3.63) is 23.8 Å². The van der Waals surface area contributed by atoms with Gasteiger partial charge in [0, 0.05) is 31.2 Å². The van der Waals surface area contributed by atoms with Crippen LogP contribution in [0.2, 0.25) is 0 Å². The van der Waals surface area contributed by atoms with E-state index in [-0.39, 0.29) is 23.6 Å². The highest BCUT2D eigenvalue weighted by Crippen LogP contribution is 2.30. The Labute approximate surface area is 108 Å². The lowest BCUT2D eigenvalue weighted by molar-refractivity contribution is 0.124. The molecule has 1 fully saturated rings. The van der Waals surface area contributed by atoms with E-state index < -0.39 is 0 Å².